The van der Waals surface area contributed by atoms with E-state index in [9.17, 15) is 14.4 Å². The zero-order chi connectivity index (χ0) is 20.7. The lowest BCUT2D eigenvalue weighted by Gasteiger charge is -2.15. The second kappa shape index (κ2) is 7.13. The predicted octanol–water partition coefficient (Wildman–Crippen LogP) is 3.78. The van der Waals surface area contributed by atoms with Crippen molar-refractivity contribution in [2.75, 3.05) is 11.9 Å². The second-order valence-corrected chi connectivity index (χ2v) is 7.39. The van der Waals surface area contributed by atoms with Crippen LogP contribution in [0.2, 0.25) is 0 Å². The molecule has 3 amide bonds. The summed E-state index contributed by atoms with van der Waals surface area (Å²) in [5.41, 5.74) is 5.25. The van der Waals surface area contributed by atoms with E-state index in [1.807, 2.05) is 32.9 Å². The molecule has 146 valence electrons. The standard InChI is InChI=1S/C23H21N3O3/c1-13-10-14(2)21-18(11-13)19(12-15(3)24-21)25-20(27)8-9-26-22(28)16-6-4-5-7-17(16)23(26)29/h4-7,10-12H,8-9H2,1-3H3,(H,24,25,27). The minimum Gasteiger partial charge on any atom is -0.325 e. The molecule has 1 N–H and O–H groups in total. The molecule has 4 rings (SSSR count). The van der Waals surface area contributed by atoms with Crippen molar-refractivity contribution < 1.29 is 14.4 Å². The fraction of sp³-hybridized carbons (Fsp3) is 0.217. The lowest BCUT2D eigenvalue weighted by molar-refractivity contribution is -0.116. The van der Waals surface area contributed by atoms with Crippen LogP contribution in [0.25, 0.3) is 10.9 Å². The summed E-state index contributed by atoms with van der Waals surface area (Å²) in [4.78, 5) is 43.2. The lowest BCUT2D eigenvalue weighted by atomic mass is 10.0. The topological polar surface area (TPSA) is 79.4 Å². The largest absolute Gasteiger partial charge is 0.325 e. The summed E-state index contributed by atoms with van der Waals surface area (Å²) in [5.74, 6) is -0.961. The number of benzene rings is 2. The summed E-state index contributed by atoms with van der Waals surface area (Å²) in [7, 11) is 0. The van der Waals surface area contributed by atoms with Gasteiger partial charge in [0.15, 0.2) is 0 Å². The zero-order valence-corrected chi connectivity index (χ0v) is 16.6. The molecule has 1 aliphatic rings. The highest BCUT2D eigenvalue weighted by atomic mass is 16.2. The number of imide groups is 1. The summed E-state index contributed by atoms with van der Waals surface area (Å²) in [6.07, 6.45) is 0.0269. The molecule has 0 saturated carbocycles. The van der Waals surface area contributed by atoms with Crippen molar-refractivity contribution >= 4 is 34.3 Å². The Labute approximate surface area is 168 Å². The average molecular weight is 387 g/mol. The van der Waals surface area contributed by atoms with Crippen LogP contribution in [0.15, 0.2) is 42.5 Å². The Balaban J connectivity index is 1.52. The Hall–Kier alpha value is -3.54. The SMILES string of the molecule is Cc1cc(C)c2nc(C)cc(NC(=O)CCN3C(=O)c4ccccc4C3=O)c2c1. The van der Waals surface area contributed by atoms with Gasteiger partial charge in [-0.25, -0.2) is 0 Å². The van der Waals surface area contributed by atoms with Gasteiger partial charge in [0, 0.05) is 24.0 Å². The number of anilines is 1. The van der Waals surface area contributed by atoms with Crippen LogP contribution in [0.4, 0.5) is 5.69 Å². The highest BCUT2D eigenvalue weighted by Crippen LogP contribution is 2.27. The number of nitrogens with one attached hydrogen (secondary N) is 1. The third-order valence-corrected chi connectivity index (χ3v) is 5.09. The fourth-order valence-corrected chi connectivity index (χ4v) is 3.78. The number of rotatable bonds is 4. The first-order valence-corrected chi connectivity index (χ1v) is 9.49. The van der Waals surface area contributed by atoms with Gasteiger partial charge in [0.2, 0.25) is 5.91 Å². The van der Waals surface area contributed by atoms with Crippen LogP contribution < -0.4 is 5.32 Å². The number of hydrogen-bond donors (Lipinski definition) is 1. The molecule has 0 unspecified atom stereocenters. The normalized spacial score (nSPS) is 13.1. The van der Waals surface area contributed by atoms with Gasteiger partial charge >= 0.3 is 0 Å². The van der Waals surface area contributed by atoms with Crippen LogP contribution in [-0.2, 0) is 4.79 Å². The Kier molecular flexibility index (Phi) is 4.62. The number of fused-ring (bicyclic) bond motifs is 2. The molecule has 0 spiro atoms. The number of nitrogens with zero attached hydrogens (tertiary/aromatic N) is 2. The number of pyridine rings is 1. The lowest BCUT2D eigenvalue weighted by Crippen LogP contribution is -2.32. The third kappa shape index (κ3) is 3.38. The number of aryl methyl sites for hydroxylation is 3. The molecule has 6 heteroatoms. The summed E-state index contributed by atoms with van der Waals surface area (Å²) in [5, 5.41) is 3.80. The monoisotopic (exact) mass is 387 g/mol. The first-order valence-electron chi connectivity index (χ1n) is 9.49. The van der Waals surface area contributed by atoms with E-state index >= 15 is 0 Å². The second-order valence-electron chi connectivity index (χ2n) is 7.39. The van der Waals surface area contributed by atoms with Crippen molar-refractivity contribution in [3.05, 3.63) is 70.4 Å². The quantitative estimate of drug-likeness (QED) is 0.691. The van der Waals surface area contributed by atoms with E-state index in [-0.39, 0.29) is 30.7 Å². The number of carbonyl (C=O) groups excluding carboxylic acids is 3. The van der Waals surface area contributed by atoms with Crippen molar-refractivity contribution in [1.29, 1.82) is 0 Å². The van der Waals surface area contributed by atoms with Crippen molar-refractivity contribution in [3.63, 3.8) is 0 Å². The molecule has 2 aromatic carbocycles. The van der Waals surface area contributed by atoms with E-state index in [1.165, 1.54) is 0 Å². The first-order chi connectivity index (χ1) is 13.8. The molecule has 0 bridgehead atoms. The number of hydrogen-bond acceptors (Lipinski definition) is 4. The van der Waals surface area contributed by atoms with E-state index in [0.717, 1.165) is 32.6 Å². The summed E-state index contributed by atoms with van der Waals surface area (Å²) in [6.45, 7) is 5.92. The van der Waals surface area contributed by atoms with Crippen LogP contribution >= 0.6 is 0 Å². The van der Waals surface area contributed by atoms with Crippen molar-refractivity contribution in [2.45, 2.75) is 27.2 Å². The van der Waals surface area contributed by atoms with Crippen molar-refractivity contribution in [1.82, 2.24) is 9.88 Å². The maximum absolute atomic E-state index is 12.6. The van der Waals surface area contributed by atoms with Crippen LogP contribution in [0.1, 0.15) is 44.0 Å². The Morgan fingerprint density at radius 1 is 1.00 bits per heavy atom. The van der Waals surface area contributed by atoms with Gasteiger partial charge in [0.25, 0.3) is 11.8 Å². The fourth-order valence-electron chi connectivity index (χ4n) is 3.78. The molecule has 29 heavy (non-hydrogen) atoms. The summed E-state index contributed by atoms with van der Waals surface area (Å²) in [6, 6.07) is 12.6. The summed E-state index contributed by atoms with van der Waals surface area (Å²) < 4.78 is 0. The first kappa shape index (κ1) is 18.8. The highest BCUT2D eigenvalue weighted by molar-refractivity contribution is 6.21. The number of carbonyl (C=O) groups is 3. The third-order valence-electron chi connectivity index (χ3n) is 5.09. The van der Waals surface area contributed by atoms with Gasteiger partial charge in [-0.05, 0) is 50.6 Å². The Morgan fingerprint density at radius 2 is 1.66 bits per heavy atom. The smallest absolute Gasteiger partial charge is 0.261 e. The van der Waals surface area contributed by atoms with Gasteiger partial charge in [-0.1, -0.05) is 23.8 Å². The highest BCUT2D eigenvalue weighted by Gasteiger charge is 2.34. The molecule has 2 heterocycles. The van der Waals surface area contributed by atoms with Gasteiger partial charge in [-0.2, -0.15) is 0 Å². The van der Waals surface area contributed by atoms with Crippen LogP contribution in [0.3, 0.4) is 0 Å². The maximum Gasteiger partial charge on any atom is 0.261 e. The molecular weight excluding hydrogens is 366 g/mol. The molecular formula is C23H21N3O3. The van der Waals surface area contributed by atoms with Gasteiger partial charge < -0.3 is 5.32 Å². The predicted molar refractivity (Wildman–Crippen MR) is 111 cm³/mol. The van der Waals surface area contributed by atoms with Crippen LogP contribution in [-0.4, -0.2) is 34.2 Å². The molecule has 1 aromatic heterocycles. The van der Waals surface area contributed by atoms with Crippen molar-refractivity contribution in [3.8, 4) is 0 Å². The van der Waals surface area contributed by atoms with E-state index < -0.39 is 0 Å². The Bertz CT molecular complexity index is 1150. The van der Waals surface area contributed by atoms with Crippen LogP contribution in [0, 0.1) is 20.8 Å². The molecule has 1 aliphatic heterocycles. The number of amides is 3. The number of aromatic nitrogens is 1. The Morgan fingerprint density at radius 3 is 2.31 bits per heavy atom. The molecule has 0 aliphatic carbocycles. The molecule has 0 radical (unpaired) electrons. The minimum absolute atomic E-state index is 0.0269. The van der Waals surface area contributed by atoms with E-state index in [1.54, 1.807) is 24.3 Å². The maximum atomic E-state index is 12.6. The molecule has 6 nitrogen and oxygen atoms in total. The van der Waals surface area contributed by atoms with Crippen LogP contribution in [0.5, 0.6) is 0 Å². The van der Waals surface area contributed by atoms with Gasteiger partial charge in [-0.15, -0.1) is 0 Å². The van der Waals surface area contributed by atoms with Gasteiger partial charge in [0.1, 0.15) is 0 Å². The summed E-state index contributed by atoms with van der Waals surface area (Å²) >= 11 is 0. The minimum atomic E-state index is -0.352. The molecule has 3 aromatic rings. The van der Waals surface area contributed by atoms with Gasteiger partial charge in [0.05, 0.1) is 22.3 Å². The van der Waals surface area contributed by atoms with E-state index in [2.05, 4.69) is 16.4 Å². The van der Waals surface area contributed by atoms with Gasteiger partial charge in [-0.3, -0.25) is 24.3 Å². The molecule has 0 fully saturated rings. The molecule has 0 atom stereocenters. The van der Waals surface area contributed by atoms with E-state index in [0.29, 0.717) is 16.8 Å². The van der Waals surface area contributed by atoms with Crippen molar-refractivity contribution in [2.24, 2.45) is 0 Å². The molecule has 0 saturated heterocycles. The zero-order valence-electron chi connectivity index (χ0n) is 16.6. The average Bonchev–Trinajstić information content (AvgIpc) is 2.92. The van der Waals surface area contributed by atoms with E-state index in [4.69, 9.17) is 0 Å².